The molecular formula is C26H34N2O4S. The first-order chi connectivity index (χ1) is 15.8. The van der Waals surface area contributed by atoms with Crippen LogP contribution < -0.4 is 9.04 Å². The summed E-state index contributed by atoms with van der Waals surface area (Å²) >= 11 is 0. The van der Waals surface area contributed by atoms with Gasteiger partial charge in [0, 0.05) is 25.2 Å². The largest absolute Gasteiger partial charge is 0.494 e. The summed E-state index contributed by atoms with van der Waals surface area (Å²) in [6.07, 6.45) is 7.04. The van der Waals surface area contributed by atoms with Gasteiger partial charge in [0.25, 0.3) is 5.91 Å². The average Bonchev–Trinajstić information content (AvgIpc) is 2.82. The van der Waals surface area contributed by atoms with Gasteiger partial charge < -0.3 is 9.64 Å². The Morgan fingerprint density at radius 1 is 1.06 bits per heavy atom. The third kappa shape index (κ3) is 5.69. The van der Waals surface area contributed by atoms with Crippen LogP contribution in [-0.2, 0) is 22.9 Å². The number of sulfonamides is 1. The van der Waals surface area contributed by atoms with E-state index in [2.05, 4.69) is 12.1 Å². The average molecular weight is 471 g/mol. The second kappa shape index (κ2) is 10.2. The first kappa shape index (κ1) is 23.6. The molecule has 2 aromatic carbocycles. The molecule has 0 N–H and O–H groups in total. The van der Waals surface area contributed by atoms with Crippen molar-refractivity contribution in [2.45, 2.75) is 45.4 Å². The number of hydrogen-bond acceptors (Lipinski definition) is 4. The molecule has 0 unspecified atom stereocenters. The maximum atomic E-state index is 13.1. The molecule has 0 radical (unpaired) electrons. The zero-order chi connectivity index (χ0) is 23.4. The van der Waals surface area contributed by atoms with E-state index in [1.54, 1.807) is 12.1 Å². The number of ether oxygens (including phenoxy) is 1. The third-order valence-corrected chi connectivity index (χ3v) is 7.96. The van der Waals surface area contributed by atoms with E-state index in [0.29, 0.717) is 30.3 Å². The molecule has 1 saturated heterocycles. The summed E-state index contributed by atoms with van der Waals surface area (Å²) in [5.74, 6) is 1.60. The first-order valence-corrected chi connectivity index (χ1v) is 13.8. The fourth-order valence-electron chi connectivity index (χ4n) is 4.94. The van der Waals surface area contributed by atoms with Gasteiger partial charge in [-0.2, -0.15) is 0 Å². The molecule has 0 saturated carbocycles. The standard InChI is InChI=1S/C26H34N2O4S/c1-3-32-24-11-8-20(9-12-24)6-7-21-14-17-27(18-15-21)26(29)23-10-13-25-22(19-23)5-4-16-28(25)33(2,30)31/h8-13,19,21H,3-7,14-18H2,1-2H3. The topological polar surface area (TPSA) is 66.9 Å². The minimum absolute atomic E-state index is 0.0549. The highest BCUT2D eigenvalue weighted by atomic mass is 32.2. The lowest BCUT2D eigenvalue weighted by Gasteiger charge is -2.33. The Bertz CT molecular complexity index is 1070. The van der Waals surface area contributed by atoms with E-state index in [1.807, 2.05) is 30.0 Å². The summed E-state index contributed by atoms with van der Waals surface area (Å²) < 4.78 is 31.1. The molecule has 4 rings (SSSR count). The minimum atomic E-state index is -3.30. The van der Waals surface area contributed by atoms with Crippen LogP contribution in [-0.4, -0.2) is 51.7 Å². The Balaban J connectivity index is 1.31. The predicted octanol–water partition coefficient (Wildman–Crippen LogP) is 4.28. The summed E-state index contributed by atoms with van der Waals surface area (Å²) in [6.45, 7) is 4.73. The van der Waals surface area contributed by atoms with Crippen LogP contribution in [0.25, 0.3) is 0 Å². The number of aryl methyl sites for hydroxylation is 2. The molecule has 2 aliphatic rings. The number of amides is 1. The number of piperidine rings is 1. The lowest BCUT2D eigenvalue weighted by Crippen LogP contribution is -2.39. The molecule has 0 aromatic heterocycles. The van der Waals surface area contributed by atoms with Gasteiger partial charge in [0.05, 0.1) is 18.6 Å². The Labute approximate surface area is 197 Å². The van der Waals surface area contributed by atoms with Gasteiger partial charge in [-0.25, -0.2) is 8.42 Å². The maximum absolute atomic E-state index is 13.1. The fraction of sp³-hybridized carbons (Fsp3) is 0.500. The lowest BCUT2D eigenvalue weighted by molar-refractivity contribution is 0.0687. The molecule has 2 heterocycles. The van der Waals surface area contributed by atoms with Crippen molar-refractivity contribution >= 4 is 21.6 Å². The molecule has 7 heteroatoms. The molecule has 0 bridgehead atoms. The molecular weight excluding hydrogens is 436 g/mol. The number of likely N-dealkylation sites (tertiary alicyclic amines) is 1. The van der Waals surface area contributed by atoms with E-state index in [1.165, 1.54) is 16.1 Å². The van der Waals surface area contributed by atoms with Crippen molar-refractivity contribution in [2.24, 2.45) is 5.92 Å². The van der Waals surface area contributed by atoms with Crippen LogP contribution >= 0.6 is 0 Å². The van der Waals surface area contributed by atoms with Crippen LogP contribution in [0.1, 0.15) is 54.1 Å². The maximum Gasteiger partial charge on any atom is 0.253 e. The minimum Gasteiger partial charge on any atom is -0.494 e. The molecule has 6 nitrogen and oxygen atoms in total. The molecule has 178 valence electrons. The highest BCUT2D eigenvalue weighted by Gasteiger charge is 2.27. The van der Waals surface area contributed by atoms with E-state index in [-0.39, 0.29) is 5.91 Å². The fourth-order valence-corrected chi connectivity index (χ4v) is 5.93. The number of fused-ring (bicyclic) bond motifs is 1. The van der Waals surface area contributed by atoms with Crippen LogP contribution in [0.5, 0.6) is 5.75 Å². The second-order valence-electron chi connectivity index (χ2n) is 9.13. The predicted molar refractivity (Wildman–Crippen MR) is 132 cm³/mol. The number of nitrogens with zero attached hydrogens (tertiary/aromatic N) is 2. The van der Waals surface area contributed by atoms with E-state index in [9.17, 15) is 13.2 Å². The highest BCUT2D eigenvalue weighted by molar-refractivity contribution is 7.92. The second-order valence-corrected chi connectivity index (χ2v) is 11.0. The molecule has 0 aliphatic carbocycles. The van der Waals surface area contributed by atoms with Gasteiger partial charge in [0.15, 0.2) is 0 Å². The van der Waals surface area contributed by atoms with E-state index < -0.39 is 10.0 Å². The smallest absolute Gasteiger partial charge is 0.253 e. The van der Waals surface area contributed by atoms with Crippen molar-refractivity contribution in [1.82, 2.24) is 4.90 Å². The molecule has 1 amide bonds. The normalized spacial score (nSPS) is 17.0. The van der Waals surface area contributed by atoms with Crippen LogP contribution in [0.4, 0.5) is 5.69 Å². The summed E-state index contributed by atoms with van der Waals surface area (Å²) in [5.41, 5.74) is 3.65. The molecule has 0 spiro atoms. The third-order valence-electron chi connectivity index (χ3n) is 6.78. The van der Waals surface area contributed by atoms with Crippen LogP contribution in [0.15, 0.2) is 42.5 Å². The summed E-state index contributed by atoms with van der Waals surface area (Å²) in [7, 11) is -3.30. The monoisotopic (exact) mass is 470 g/mol. The lowest BCUT2D eigenvalue weighted by atomic mass is 9.90. The molecule has 2 aromatic rings. The van der Waals surface area contributed by atoms with Crippen molar-refractivity contribution in [3.63, 3.8) is 0 Å². The van der Waals surface area contributed by atoms with Crippen molar-refractivity contribution in [3.05, 3.63) is 59.2 Å². The summed E-state index contributed by atoms with van der Waals surface area (Å²) in [4.78, 5) is 15.1. The van der Waals surface area contributed by atoms with E-state index in [4.69, 9.17) is 4.74 Å². The van der Waals surface area contributed by atoms with Crippen molar-refractivity contribution in [1.29, 1.82) is 0 Å². The van der Waals surface area contributed by atoms with Crippen LogP contribution in [0, 0.1) is 5.92 Å². The SMILES string of the molecule is CCOc1ccc(CCC2CCN(C(=O)c3ccc4c(c3)CCCN4S(C)(=O)=O)CC2)cc1. The number of anilines is 1. The highest BCUT2D eigenvalue weighted by Crippen LogP contribution is 2.31. The quantitative estimate of drug-likeness (QED) is 0.606. The van der Waals surface area contributed by atoms with Gasteiger partial charge in [-0.15, -0.1) is 0 Å². The first-order valence-electron chi connectivity index (χ1n) is 12.0. The van der Waals surface area contributed by atoms with Gasteiger partial charge in [0.2, 0.25) is 10.0 Å². The number of carbonyl (C=O) groups is 1. The van der Waals surface area contributed by atoms with Gasteiger partial charge >= 0.3 is 0 Å². The number of benzene rings is 2. The Hall–Kier alpha value is -2.54. The van der Waals surface area contributed by atoms with E-state index in [0.717, 1.165) is 62.9 Å². The molecule has 2 aliphatic heterocycles. The van der Waals surface area contributed by atoms with Gasteiger partial charge in [-0.3, -0.25) is 9.10 Å². The Morgan fingerprint density at radius 2 is 1.79 bits per heavy atom. The van der Waals surface area contributed by atoms with Gasteiger partial charge in [0.1, 0.15) is 5.75 Å². The van der Waals surface area contributed by atoms with Crippen molar-refractivity contribution in [3.8, 4) is 5.75 Å². The van der Waals surface area contributed by atoms with Gasteiger partial charge in [-0.1, -0.05) is 12.1 Å². The van der Waals surface area contributed by atoms with Gasteiger partial charge in [-0.05, 0) is 92.8 Å². The summed E-state index contributed by atoms with van der Waals surface area (Å²) in [5, 5.41) is 0. The Morgan fingerprint density at radius 3 is 2.45 bits per heavy atom. The summed E-state index contributed by atoms with van der Waals surface area (Å²) in [6, 6.07) is 13.8. The zero-order valence-corrected chi connectivity index (χ0v) is 20.4. The van der Waals surface area contributed by atoms with Crippen molar-refractivity contribution in [2.75, 3.05) is 36.8 Å². The Kier molecular flexibility index (Phi) is 7.27. The molecule has 0 atom stereocenters. The zero-order valence-electron chi connectivity index (χ0n) is 19.6. The number of rotatable bonds is 7. The number of hydrogen-bond donors (Lipinski definition) is 0. The molecule has 1 fully saturated rings. The van der Waals surface area contributed by atoms with E-state index >= 15 is 0 Å². The molecule has 33 heavy (non-hydrogen) atoms. The van der Waals surface area contributed by atoms with Crippen molar-refractivity contribution < 1.29 is 17.9 Å². The number of carbonyl (C=O) groups excluding carboxylic acids is 1. The van der Waals surface area contributed by atoms with Crippen LogP contribution in [0.2, 0.25) is 0 Å². The van der Waals surface area contributed by atoms with Crippen LogP contribution in [0.3, 0.4) is 0 Å².